The van der Waals surface area contributed by atoms with Gasteiger partial charge in [0.1, 0.15) is 5.60 Å². The lowest BCUT2D eigenvalue weighted by Gasteiger charge is -2.41. The molecule has 3 rings (SSSR count). The van der Waals surface area contributed by atoms with Crippen molar-refractivity contribution in [2.45, 2.75) is 90.2 Å². The van der Waals surface area contributed by atoms with Crippen LogP contribution in [0.15, 0.2) is 35.5 Å². The van der Waals surface area contributed by atoms with Gasteiger partial charge in [-0.3, -0.25) is 0 Å². The van der Waals surface area contributed by atoms with Crippen molar-refractivity contribution in [3.8, 4) is 0 Å². The minimum atomic E-state index is -1.98. The van der Waals surface area contributed by atoms with Gasteiger partial charge in [0.05, 0.1) is 12.0 Å². The maximum absolute atomic E-state index is 12.8. The van der Waals surface area contributed by atoms with Gasteiger partial charge in [-0.25, -0.2) is 14.4 Å². The van der Waals surface area contributed by atoms with Crippen LogP contribution in [0.2, 0.25) is 0 Å². The fourth-order valence-electron chi connectivity index (χ4n) is 4.87. The molecule has 3 aliphatic heterocycles. The van der Waals surface area contributed by atoms with E-state index >= 15 is 0 Å². The number of fused-ring (bicyclic) bond motifs is 3. The average molecular weight is 479 g/mol. The van der Waals surface area contributed by atoms with Gasteiger partial charge in [0.25, 0.3) is 0 Å². The van der Waals surface area contributed by atoms with Crippen LogP contribution in [0.5, 0.6) is 0 Å². The van der Waals surface area contributed by atoms with Gasteiger partial charge in [-0.05, 0) is 41.0 Å². The second-order valence-corrected chi connectivity index (χ2v) is 9.71. The van der Waals surface area contributed by atoms with Crippen molar-refractivity contribution < 1.29 is 43.5 Å². The molecule has 3 fully saturated rings. The smallest absolute Gasteiger partial charge is 0.334 e. The summed E-state index contributed by atoms with van der Waals surface area (Å²) in [4.78, 5) is 38.1. The number of allylic oxidation sites excluding steroid dienone is 2. The molecule has 0 unspecified atom stereocenters. The quantitative estimate of drug-likeness (QED) is 0.355. The Morgan fingerprint density at radius 2 is 1.62 bits per heavy atom. The topological polar surface area (TPSA) is 129 Å². The zero-order valence-electron chi connectivity index (χ0n) is 20.5. The van der Waals surface area contributed by atoms with Gasteiger partial charge in [0, 0.05) is 29.1 Å². The molecule has 9 heteroatoms. The van der Waals surface area contributed by atoms with E-state index in [0.717, 1.165) is 0 Å². The van der Waals surface area contributed by atoms with Crippen LogP contribution >= 0.6 is 0 Å². The fraction of sp³-hybridized carbons (Fsp3) is 0.640. The van der Waals surface area contributed by atoms with Crippen LogP contribution in [0.1, 0.15) is 54.4 Å². The number of rotatable bonds is 4. The maximum Gasteiger partial charge on any atom is 0.334 e. The van der Waals surface area contributed by atoms with Gasteiger partial charge in [0.2, 0.25) is 5.79 Å². The van der Waals surface area contributed by atoms with Gasteiger partial charge in [0.15, 0.2) is 18.3 Å². The van der Waals surface area contributed by atoms with Crippen molar-refractivity contribution in [3.63, 3.8) is 0 Å². The molecule has 9 nitrogen and oxygen atoms in total. The predicted molar refractivity (Wildman–Crippen MR) is 120 cm³/mol. The average Bonchev–Trinajstić information content (AvgIpc) is 3.22. The number of hydrogen-bond donors (Lipinski definition) is 2. The summed E-state index contributed by atoms with van der Waals surface area (Å²) in [6.45, 7) is 13.5. The van der Waals surface area contributed by atoms with Crippen LogP contribution in [-0.4, -0.2) is 63.9 Å². The summed E-state index contributed by atoms with van der Waals surface area (Å²) < 4.78 is 23.0. The molecule has 3 saturated heterocycles. The van der Waals surface area contributed by atoms with E-state index in [1.807, 2.05) is 0 Å². The molecule has 0 spiro atoms. The Morgan fingerprint density at radius 1 is 1.09 bits per heavy atom. The lowest BCUT2D eigenvalue weighted by Crippen LogP contribution is -2.58. The minimum absolute atomic E-state index is 0.0196. The zero-order chi connectivity index (χ0) is 25.6. The van der Waals surface area contributed by atoms with Gasteiger partial charge in [-0.2, -0.15) is 0 Å². The standard InChI is InChI=1S/C25H34O9/c1-8-12(3)21(26)32-19-17-15(6)23(28)31-18(17)20(33-22(27)13(4)9-2)24(7,29)11-16-10-14(5)25(19,30)34-16/h8-9,14,16-20,29-30H,6,10-11H2,1-5,7H3/b12-8-,13-9-/t14-,16+,17-,18+,19-,20-,24+,25-/m0/s1. The summed E-state index contributed by atoms with van der Waals surface area (Å²) in [7, 11) is 0. The van der Waals surface area contributed by atoms with E-state index in [-0.39, 0.29) is 17.6 Å². The molecule has 8 atom stereocenters. The molecule has 0 radical (unpaired) electrons. The van der Waals surface area contributed by atoms with Crippen molar-refractivity contribution in [3.05, 3.63) is 35.5 Å². The number of ether oxygens (including phenoxy) is 4. The molecule has 0 aromatic heterocycles. The Hall–Kier alpha value is -2.49. The summed E-state index contributed by atoms with van der Waals surface area (Å²) >= 11 is 0. The van der Waals surface area contributed by atoms with Crippen molar-refractivity contribution in [2.75, 3.05) is 0 Å². The highest BCUT2D eigenvalue weighted by Gasteiger charge is 2.65. The van der Waals surface area contributed by atoms with Crippen LogP contribution in [0.25, 0.3) is 0 Å². The van der Waals surface area contributed by atoms with Crippen molar-refractivity contribution in [1.29, 1.82) is 0 Å². The first-order chi connectivity index (χ1) is 15.8. The van der Waals surface area contributed by atoms with Crippen molar-refractivity contribution >= 4 is 17.9 Å². The predicted octanol–water partition coefficient (Wildman–Crippen LogP) is 2.11. The normalized spacial score (nSPS) is 40.6. The maximum atomic E-state index is 12.8. The number of aliphatic hydroxyl groups is 2. The number of hydrogen-bond acceptors (Lipinski definition) is 9. The van der Waals surface area contributed by atoms with Gasteiger partial charge < -0.3 is 29.2 Å². The lowest BCUT2D eigenvalue weighted by molar-refractivity contribution is -0.277. The molecule has 0 saturated carbocycles. The first-order valence-electron chi connectivity index (χ1n) is 11.5. The van der Waals surface area contributed by atoms with E-state index in [1.54, 1.807) is 46.8 Å². The molecule has 3 heterocycles. The number of carbonyl (C=O) groups excluding carboxylic acids is 3. The Labute approximate surface area is 199 Å². The Balaban J connectivity index is 2.17. The summed E-state index contributed by atoms with van der Waals surface area (Å²) in [5, 5.41) is 23.1. The van der Waals surface area contributed by atoms with Crippen LogP contribution < -0.4 is 0 Å². The van der Waals surface area contributed by atoms with Gasteiger partial charge in [-0.15, -0.1) is 0 Å². The lowest BCUT2D eigenvalue weighted by atomic mass is 9.75. The summed E-state index contributed by atoms with van der Waals surface area (Å²) in [5.41, 5.74) is -1.19. The van der Waals surface area contributed by atoms with E-state index in [2.05, 4.69) is 6.58 Å². The summed E-state index contributed by atoms with van der Waals surface area (Å²) in [6, 6.07) is 0. The van der Waals surface area contributed by atoms with Gasteiger partial charge >= 0.3 is 17.9 Å². The van der Waals surface area contributed by atoms with Gasteiger partial charge in [-0.1, -0.05) is 25.7 Å². The molecule has 0 aliphatic carbocycles. The molecule has 3 aliphatic rings. The summed E-state index contributed by atoms with van der Waals surface area (Å²) in [5.74, 6) is -5.84. The first kappa shape index (κ1) is 26.1. The molecule has 2 N–H and O–H groups in total. The second kappa shape index (κ2) is 9.28. The highest BCUT2D eigenvalue weighted by molar-refractivity contribution is 5.92. The van der Waals surface area contributed by atoms with E-state index < -0.39 is 65.5 Å². The van der Waals surface area contributed by atoms with E-state index in [1.165, 1.54) is 6.92 Å². The molecular weight excluding hydrogens is 444 g/mol. The Bertz CT molecular complexity index is 946. The zero-order valence-corrected chi connectivity index (χ0v) is 20.5. The third kappa shape index (κ3) is 4.44. The molecule has 0 aromatic carbocycles. The van der Waals surface area contributed by atoms with Crippen LogP contribution in [-0.2, 0) is 33.3 Å². The molecule has 0 amide bonds. The molecule has 0 aromatic rings. The molecule has 34 heavy (non-hydrogen) atoms. The van der Waals surface area contributed by atoms with E-state index in [0.29, 0.717) is 12.0 Å². The highest BCUT2D eigenvalue weighted by Crippen LogP contribution is 2.50. The van der Waals surface area contributed by atoms with E-state index in [4.69, 9.17) is 18.9 Å². The highest BCUT2D eigenvalue weighted by atomic mass is 16.7. The van der Waals surface area contributed by atoms with E-state index in [9.17, 15) is 24.6 Å². The molecule has 2 bridgehead atoms. The number of carbonyl (C=O) groups is 3. The third-order valence-electron chi connectivity index (χ3n) is 7.20. The van der Waals surface area contributed by atoms with Crippen LogP contribution in [0.3, 0.4) is 0 Å². The van der Waals surface area contributed by atoms with Crippen LogP contribution in [0, 0.1) is 11.8 Å². The monoisotopic (exact) mass is 478 g/mol. The first-order valence-corrected chi connectivity index (χ1v) is 11.5. The van der Waals surface area contributed by atoms with Crippen LogP contribution in [0.4, 0.5) is 0 Å². The number of esters is 3. The minimum Gasteiger partial charge on any atom is -0.454 e. The SMILES string of the molecule is C=C1C(=O)O[C@@H]2[C@H]1[C@H](OC(=O)/C(C)=C\C)[C@@]1(O)O[C@H](C[C@@H]1C)C[C@@](C)(O)[C@H]2OC(=O)/C(C)=C\C. The molecule has 188 valence electrons. The fourth-order valence-corrected chi connectivity index (χ4v) is 4.87. The van der Waals surface area contributed by atoms with Crippen molar-refractivity contribution in [2.24, 2.45) is 11.8 Å². The largest absolute Gasteiger partial charge is 0.454 e. The van der Waals surface area contributed by atoms with Crippen molar-refractivity contribution in [1.82, 2.24) is 0 Å². The summed E-state index contributed by atoms with van der Waals surface area (Å²) in [6.07, 6.45) is -1.21. The second-order valence-electron chi connectivity index (χ2n) is 9.71. The third-order valence-corrected chi connectivity index (χ3v) is 7.20. The Morgan fingerprint density at radius 3 is 2.15 bits per heavy atom. The molecular formula is C25H34O9. The Kier molecular flexibility index (Phi) is 7.13.